The molecule has 0 aromatic heterocycles. The van der Waals surface area contributed by atoms with Gasteiger partial charge in [0.15, 0.2) is 0 Å². The molecule has 2 aromatic rings. The SMILES string of the molecule is CCc1ccc(CSc2ccc(Cl)cc2N)cc1. The number of hydrogen-bond acceptors (Lipinski definition) is 2. The van der Waals surface area contributed by atoms with Gasteiger partial charge in [0, 0.05) is 21.4 Å². The first-order valence-electron chi connectivity index (χ1n) is 5.94. The van der Waals surface area contributed by atoms with Crippen LogP contribution in [-0.4, -0.2) is 0 Å². The van der Waals surface area contributed by atoms with Crippen molar-refractivity contribution in [1.29, 1.82) is 0 Å². The number of hydrogen-bond donors (Lipinski definition) is 1. The summed E-state index contributed by atoms with van der Waals surface area (Å²) in [7, 11) is 0. The van der Waals surface area contributed by atoms with E-state index in [-0.39, 0.29) is 0 Å². The van der Waals surface area contributed by atoms with Crippen LogP contribution in [0.1, 0.15) is 18.1 Å². The maximum Gasteiger partial charge on any atom is 0.0467 e. The summed E-state index contributed by atoms with van der Waals surface area (Å²) in [4.78, 5) is 1.08. The molecule has 0 saturated carbocycles. The van der Waals surface area contributed by atoms with Gasteiger partial charge in [-0.25, -0.2) is 0 Å². The fourth-order valence-corrected chi connectivity index (χ4v) is 2.77. The zero-order chi connectivity index (χ0) is 13.0. The van der Waals surface area contributed by atoms with E-state index in [2.05, 4.69) is 31.2 Å². The Morgan fingerprint density at radius 3 is 2.33 bits per heavy atom. The third kappa shape index (κ3) is 3.44. The van der Waals surface area contributed by atoms with Crippen LogP contribution in [0.5, 0.6) is 0 Å². The second kappa shape index (κ2) is 6.17. The molecule has 3 heteroatoms. The lowest BCUT2D eigenvalue weighted by atomic mass is 10.1. The predicted molar refractivity (Wildman–Crippen MR) is 81.2 cm³/mol. The van der Waals surface area contributed by atoms with Gasteiger partial charge in [-0.15, -0.1) is 11.8 Å². The number of benzene rings is 2. The second-order valence-electron chi connectivity index (χ2n) is 4.14. The van der Waals surface area contributed by atoms with Crippen LogP contribution in [-0.2, 0) is 12.2 Å². The van der Waals surface area contributed by atoms with Crippen molar-refractivity contribution in [3.05, 3.63) is 58.6 Å². The Balaban J connectivity index is 2.02. The molecule has 0 heterocycles. The standard InChI is InChI=1S/C15H16ClNS/c1-2-11-3-5-12(6-4-11)10-18-15-8-7-13(16)9-14(15)17/h3-9H,2,10,17H2,1H3. The predicted octanol–water partition coefficient (Wildman–Crippen LogP) is 4.78. The Morgan fingerprint density at radius 1 is 1.06 bits per heavy atom. The molecule has 2 N–H and O–H groups in total. The molecule has 0 amide bonds. The van der Waals surface area contributed by atoms with Crippen LogP contribution in [0.3, 0.4) is 0 Å². The number of nitrogens with two attached hydrogens (primary N) is 1. The number of thioether (sulfide) groups is 1. The molecule has 0 atom stereocenters. The minimum Gasteiger partial charge on any atom is -0.398 e. The van der Waals surface area contributed by atoms with E-state index in [4.69, 9.17) is 17.3 Å². The van der Waals surface area contributed by atoms with Crippen molar-refractivity contribution in [2.45, 2.75) is 24.0 Å². The van der Waals surface area contributed by atoms with Crippen molar-refractivity contribution in [3.63, 3.8) is 0 Å². The van der Waals surface area contributed by atoms with E-state index in [1.165, 1.54) is 11.1 Å². The highest BCUT2D eigenvalue weighted by Gasteiger charge is 2.02. The van der Waals surface area contributed by atoms with Crippen LogP contribution < -0.4 is 5.73 Å². The van der Waals surface area contributed by atoms with Crippen LogP contribution in [0.4, 0.5) is 5.69 Å². The molecule has 2 rings (SSSR count). The largest absolute Gasteiger partial charge is 0.398 e. The topological polar surface area (TPSA) is 26.0 Å². The van der Waals surface area contributed by atoms with Gasteiger partial charge < -0.3 is 5.73 Å². The first-order valence-corrected chi connectivity index (χ1v) is 7.31. The highest BCUT2D eigenvalue weighted by Crippen LogP contribution is 2.30. The lowest BCUT2D eigenvalue weighted by molar-refractivity contribution is 1.13. The molecule has 0 fully saturated rings. The van der Waals surface area contributed by atoms with Gasteiger partial charge in [-0.2, -0.15) is 0 Å². The molecule has 0 saturated heterocycles. The van der Waals surface area contributed by atoms with E-state index < -0.39 is 0 Å². The number of halogens is 1. The van der Waals surface area contributed by atoms with Crippen LogP contribution >= 0.6 is 23.4 Å². The average molecular weight is 278 g/mol. The number of nitrogen functional groups attached to an aromatic ring is 1. The number of rotatable bonds is 4. The third-order valence-corrected chi connectivity index (χ3v) is 4.19. The quantitative estimate of drug-likeness (QED) is 0.643. The molecule has 0 spiro atoms. The van der Waals surface area contributed by atoms with Crippen LogP contribution in [0.15, 0.2) is 47.4 Å². The van der Waals surface area contributed by atoms with Crippen molar-refractivity contribution in [3.8, 4) is 0 Å². The average Bonchev–Trinajstić information content (AvgIpc) is 2.38. The highest BCUT2D eigenvalue weighted by atomic mass is 35.5. The van der Waals surface area contributed by atoms with Gasteiger partial charge in [0.2, 0.25) is 0 Å². The van der Waals surface area contributed by atoms with Gasteiger partial charge in [0.05, 0.1) is 0 Å². The summed E-state index contributed by atoms with van der Waals surface area (Å²) in [6.07, 6.45) is 1.08. The zero-order valence-electron chi connectivity index (χ0n) is 10.3. The second-order valence-corrected chi connectivity index (χ2v) is 5.59. The maximum absolute atomic E-state index is 5.93. The van der Waals surface area contributed by atoms with E-state index >= 15 is 0 Å². The van der Waals surface area contributed by atoms with Crippen LogP contribution in [0.25, 0.3) is 0 Å². The fraction of sp³-hybridized carbons (Fsp3) is 0.200. The molecule has 1 nitrogen and oxygen atoms in total. The minimum atomic E-state index is 0.684. The molecule has 18 heavy (non-hydrogen) atoms. The molecule has 94 valence electrons. The van der Waals surface area contributed by atoms with E-state index in [0.717, 1.165) is 22.8 Å². The van der Waals surface area contributed by atoms with Gasteiger partial charge in [0.25, 0.3) is 0 Å². The van der Waals surface area contributed by atoms with E-state index in [9.17, 15) is 0 Å². The molecular formula is C15H16ClNS. The fourth-order valence-electron chi connectivity index (χ4n) is 1.68. The van der Waals surface area contributed by atoms with E-state index in [1.54, 1.807) is 17.8 Å². The minimum absolute atomic E-state index is 0.684. The number of aryl methyl sites for hydroxylation is 1. The summed E-state index contributed by atoms with van der Waals surface area (Å²) in [5.41, 5.74) is 9.36. The van der Waals surface area contributed by atoms with E-state index in [0.29, 0.717) is 5.02 Å². The molecule has 0 radical (unpaired) electrons. The zero-order valence-corrected chi connectivity index (χ0v) is 11.9. The first-order chi connectivity index (χ1) is 8.69. The molecule has 0 aliphatic rings. The van der Waals surface area contributed by atoms with E-state index in [1.807, 2.05) is 12.1 Å². The molecule has 0 aliphatic carbocycles. The Labute approximate surface area is 117 Å². The van der Waals surface area contributed by atoms with Crippen molar-refractivity contribution >= 4 is 29.1 Å². The summed E-state index contributed by atoms with van der Waals surface area (Å²) in [6, 6.07) is 14.4. The van der Waals surface area contributed by atoms with Gasteiger partial charge in [-0.05, 0) is 35.7 Å². The summed E-state index contributed by atoms with van der Waals surface area (Å²) in [5.74, 6) is 0.926. The van der Waals surface area contributed by atoms with Gasteiger partial charge in [-0.3, -0.25) is 0 Å². The maximum atomic E-state index is 5.93. The lowest BCUT2D eigenvalue weighted by Gasteiger charge is -2.06. The smallest absolute Gasteiger partial charge is 0.0467 e. The molecular weight excluding hydrogens is 262 g/mol. The lowest BCUT2D eigenvalue weighted by Crippen LogP contribution is -1.89. The van der Waals surface area contributed by atoms with Gasteiger partial charge in [0.1, 0.15) is 0 Å². The highest BCUT2D eigenvalue weighted by molar-refractivity contribution is 7.98. The molecule has 0 aliphatic heterocycles. The monoisotopic (exact) mass is 277 g/mol. The van der Waals surface area contributed by atoms with Crippen LogP contribution in [0.2, 0.25) is 5.02 Å². The Hall–Kier alpha value is -1.12. The van der Waals surface area contributed by atoms with Crippen molar-refractivity contribution in [2.24, 2.45) is 0 Å². The number of anilines is 1. The van der Waals surface area contributed by atoms with Crippen molar-refractivity contribution < 1.29 is 0 Å². The summed E-state index contributed by atoms with van der Waals surface area (Å²) < 4.78 is 0. The Bertz CT molecular complexity index is 523. The third-order valence-electron chi connectivity index (χ3n) is 2.80. The summed E-state index contributed by atoms with van der Waals surface area (Å²) >= 11 is 7.62. The van der Waals surface area contributed by atoms with Gasteiger partial charge in [-0.1, -0.05) is 42.8 Å². The summed E-state index contributed by atoms with van der Waals surface area (Å²) in [6.45, 7) is 2.16. The van der Waals surface area contributed by atoms with Crippen molar-refractivity contribution in [2.75, 3.05) is 5.73 Å². The molecule has 0 bridgehead atoms. The van der Waals surface area contributed by atoms with Crippen molar-refractivity contribution in [1.82, 2.24) is 0 Å². The Kier molecular flexibility index (Phi) is 4.56. The first kappa shape index (κ1) is 13.3. The van der Waals surface area contributed by atoms with Gasteiger partial charge >= 0.3 is 0 Å². The normalized spacial score (nSPS) is 10.6. The van der Waals surface area contributed by atoms with Crippen LogP contribution in [0, 0.1) is 0 Å². The molecule has 0 unspecified atom stereocenters. The summed E-state index contributed by atoms with van der Waals surface area (Å²) in [5, 5.41) is 0.684. The molecule has 2 aromatic carbocycles. The Morgan fingerprint density at radius 2 is 1.72 bits per heavy atom.